The monoisotopic (exact) mass is 296 g/mol. The van der Waals surface area contributed by atoms with E-state index < -0.39 is 16.8 Å². The van der Waals surface area contributed by atoms with Gasteiger partial charge in [-0.1, -0.05) is 0 Å². The normalized spacial score (nSPS) is 10.0. The van der Waals surface area contributed by atoms with Gasteiger partial charge in [0.2, 0.25) is 0 Å². The number of benzene rings is 1. The molecule has 8 nitrogen and oxygen atoms in total. The average molecular weight is 296 g/mol. The number of ether oxygens (including phenoxy) is 2. The van der Waals surface area contributed by atoms with Gasteiger partial charge < -0.3 is 14.8 Å². The highest BCUT2D eigenvalue weighted by Crippen LogP contribution is 2.18. The van der Waals surface area contributed by atoms with Gasteiger partial charge in [-0.25, -0.2) is 4.79 Å². The van der Waals surface area contributed by atoms with Crippen molar-refractivity contribution in [3.05, 3.63) is 39.4 Å². The summed E-state index contributed by atoms with van der Waals surface area (Å²) >= 11 is 0. The number of non-ortho nitro benzene ring substituents is 1. The topological polar surface area (TPSA) is 108 Å². The molecule has 0 aliphatic rings. The minimum atomic E-state index is -0.743. The fraction of sp³-hybridized carbons (Fsp3) is 0.385. The van der Waals surface area contributed by atoms with Crippen molar-refractivity contribution in [2.45, 2.75) is 6.42 Å². The Morgan fingerprint density at radius 2 is 1.90 bits per heavy atom. The number of nitro groups is 1. The molecule has 1 N–H and O–H groups in total. The summed E-state index contributed by atoms with van der Waals surface area (Å²) in [4.78, 5) is 33.6. The summed E-state index contributed by atoms with van der Waals surface area (Å²) in [7, 11) is 2.71. The average Bonchev–Trinajstić information content (AvgIpc) is 2.49. The summed E-state index contributed by atoms with van der Waals surface area (Å²) in [5.74, 6) is -1.24. The van der Waals surface area contributed by atoms with Crippen LogP contribution in [0.1, 0.15) is 27.1 Å². The molecule has 0 fully saturated rings. The van der Waals surface area contributed by atoms with Crippen LogP contribution in [0.25, 0.3) is 0 Å². The van der Waals surface area contributed by atoms with Crippen molar-refractivity contribution in [1.29, 1.82) is 0 Å². The molecule has 1 rings (SSSR count). The molecule has 0 saturated carbocycles. The predicted octanol–water partition coefficient (Wildman–Crippen LogP) is 1.15. The molecule has 1 aromatic carbocycles. The van der Waals surface area contributed by atoms with Crippen molar-refractivity contribution in [2.75, 3.05) is 27.4 Å². The molecule has 1 aromatic rings. The zero-order valence-electron chi connectivity index (χ0n) is 11.8. The maximum Gasteiger partial charge on any atom is 0.338 e. The summed E-state index contributed by atoms with van der Waals surface area (Å²) in [6, 6.07) is 3.43. The number of nitro benzene ring substituents is 1. The van der Waals surface area contributed by atoms with Gasteiger partial charge in [-0.3, -0.25) is 14.9 Å². The SMILES string of the molecule is COCCCNC(=O)c1cc(C(=O)OC)cc([N+](=O)[O-])c1. The van der Waals surface area contributed by atoms with Crippen molar-refractivity contribution in [3.8, 4) is 0 Å². The standard InChI is InChI=1S/C13H16N2O6/c1-20-5-3-4-14-12(16)9-6-10(13(17)21-2)8-11(7-9)15(18)19/h6-8H,3-5H2,1-2H3,(H,14,16). The highest BCUT2D eigenvalue weighted by atomic mass is 16.6. The van der Waals surface area contributed by atoms with Gasteiger partial charge in [0.15, 0.2) is 0 Å². The Kier molecular flexibility index (Phi) is 6.28. The molecular formula is C13H16N2O6. The Balaban J connectivity index is 2.94. The predicted molar refractivity (Wildman–Crippen MR) is 73.3 cm³/mol. The molecular weight excluding hydrogens is 280 g/mol. The van der Waals surface area contributed by atoms with Gasteiger partial charge in [-0.2, -0.15) is 0 Å². The molecule has 8 heteroatoms. The van der Waals surface area contributed by atoms with Crippen molar-refractivity contribution in [2.24, 2.45) is 0 Å². The zero-order chi connectivity index (χ0) is 15.8. The van der Waals surface area contributed by atoms with E-state index in [0.717, 1.165) is 19.2 Å². The first-order chi connectivity index (χ1) is 9.99. The number of methoxy groups -OCH3 is 2. The molecule has 0 aliphatic carbocycles. The van der Waals surface area contributed by atoms with Gasteiger partial charge in [0.05, 0.1) is 17.6 Å². The first-order valence-electron chi connectivity index (χ1n) is 6.14. The number of esters is 1. The first-order valence-corrected chi connectivity index (χ1v) is 6.14. The van der Waals surface area contributed by atoms with Crippen LogP contribution in [0.2, 0.25) is 0 Å². The van der Waals surface area contributed by atoms with Crippen LogP contribution in [0, 0.1) is 10.1 Å². The molecule has 0 saturated heterocycles. The molecule has 0 aliphatic heterocycles. The van der Waals surface area contributed by atoms with Gasteiger partial charge in [0, 0.05) is 38.0 Å². The number of hydrogen-bond donors (Lipinski definition) is 1. The summed E-state index contributed by atoms with van der Waals surface area (Å²) in [5, 5.41) is 13.4. The second kappa shape index (κ2) is 7.95. The highest BCUT2D eigenvalue weighted by molar-refractivity contribution is 5.98. The van der Waals surface area contributed by atoms with Gasteiger partial charge >= 0.3 is 5.97 Å². The number of carbonyl (C=O) groups excluding carboxylic acids is 2. The van der Waals surface area contributed by atoms with E-state index in [1.807, 2.05) is 0 Å². The number of rotatable bonds is 7. The maximum atomic E-state index is 11.9. The third-order valence-corrected chi connectivity index (χ3v) is 2.62. The molecule has 0 heterocycles. The zero-order valence-corrected chi connectivity index (χ0v) is 11.8. The molecule has 114 valence electrons. The van der Waals surface area contributed by atoms with Gasteiger partial charge in [-0.05, 0) is 12.5 Å². The second-order valence-corrected chi connectivity index (χ2v) is 4.12. The Morgan fingerprint density at radius 1 is 1.24 bits per heavy atom. The third-order valence-electron chi connectivity index (χ3n) is 2.62. The van der Waals surface area contributed by atoms with Crippen molar-refractivity contribution in [3.63, 3.8) is 0 Å². The van der Waals surface area contributed by atoms with Crippen LogP contribution < -0.4 is 5.32 Å². The van der Waals surface area contributed by atoms with Crippen LogP contribution in [-0.2, 0) is 9.47 Å². The summed E-state index contributed by atoms with van der Waals surface area (Å²) in [5.41, 5.74) is -0.365. The largest absolute Gasteiger partial charge is 0.465 e. The smallest absolute Gasteiger partial charge is 0.338 e. The Morgan fingerprint density at radius 3 is 2.48 bits per heavy atom. The van der Waals surface area contributed by atoms with E-state index in [2.05, 4.69) is 10.1 Å². The van der Waals surface area contributed by atoms with E-state index in [-0.39, 0.29) is 16.8 Å². The molecule has 0 aromatic heterocycles. The molecule has 1 amide bonds. The van der Waals surface area contributed by atoms with E-state index in [1.165, 1.54) is 6.07 Å². The quantitative estimate of drug-likeness (QED) is 0.350. The lowest BCUT2D eigenvalue weighted by Gasteiger charge is -2.06. The first kappa shape index (κ1) is 16.6. The van der Waals surface area contributed by atoms with Gasteiger partial charge in [0.1, 0.15) is 0 Å². The van der Waals surface area contributed by atoms with E-state index in [1.54, 1.807) is 7.11 Å². The lowest BCUT2D eigenvalue weighted by molar-refractivity contribution is -0.384. The number of carbonyl (C=O) groups is 2. The van der Waals surface area contributed by atoms with Crippen LogP contribution >= 0.6 is 0 Å². The molecule has 0 unspecified atom stereocenters. The Bertz CT molecular complexity index is 543. The van der Waals surface area contributed by atoms with Crippen molar-refractivity contribution >= 4 is 17.6 Å². The van der Waals surface area contributed by atoms with Gasteiger partial charge in [0.25, 0.3) is 11.6 Å². The number of nitrogens with one attached hydrogen (secondary N) is 1. The highest BCUT2D eigenvalue weighted by Gasteiger charge is 2.18. The van der Waals surface area contributed by atoms with Crippen LogP contribution in [0.5, 0.6) is 0 Å². The Hall–Kier alpha value is -2.48. The molecule has 0 spiro atoms. The van der Waals surface area contributed by atoms with Crippen LogP contribution in [-0.4, -0.2) is 44.2 Å². The molecule has 0 radical (unpaired) electrons. The molecule has 0 atom stereocenters. The van der Waals surface area contributed by atoms with Gasteiger partial charge in [-0.15, -0.1) is 0 Å². The fourth-order valence-electron chi connectivity index (χ4n) is 1.60. The van der Waals surface area contributed by atoms with E-state index in [0.29, 0.717) is 19.6 Å². The van der Waals surface area contributed by atoms with Crippen molar-refractivity contribution in [1.82, 2.24) is 5.32 Å². The molecule has 0 bridgehead atoms. The summed E-state index contributed by atoms with van der Waals surface area (Å²) < 4.78 is 9.35. The van der Waals surface area contributed by atoms with E-state index in [9.17, 15) is 19.7 Å². The van der Waals surface area contributed by atoms with E-state index >= 15 is 0 Å². The van der Waals surface area contributed by atoms with Crippen LogP contribution in [0.4, 0.5) is 5.69 Å². The van der Waals surface area contributed by atoms with Crippen LogP contribution in [0.15, 0.2) is 18.2 Å². The minimum Gasteiger partial charge on any atom is -0.465 e. The van der Waals surface area contributed by atoms with E-state index in [4.69, 9.17) is 4.74 Å². The lowest BCUT2D eigenvalue weighted by Crippen LogP contribution is -2.25. The summed E-state index contributed by atoms with van der Waals surface area (Å²) in [6.07, 6.45) is 0.612. The lowest BCUT2D eigenvalue weighted by atomic mass is 10.1. The maximum absolute atomic E-state index is 11.9. The minimum absolute atomic E-state index is 0.0296. The number of hydrogen-bond acceptors (Lipinski definition) is 6. The number of amides is 1. The number of nitrogens with zero attached hydrogens (tertiary/aromatic N) is 1. The van der Waals surface area contributed by atoms with Crippen molar-refractivity contribution < 1.29 is 24.0 Å². The van der Waals surface area contributed by atoms with Crippen LogP contribution in [0.3, 0.4) is 0 Å². The second-order valence-electron chi connectivity index (χ2n) is 4.12. The third kappa shape index (κ3) is 4.84. The molecule has 21 heavy (non-hydrogen) atoms. The Labute approximate surface area is 121 Å². The summed E-state index contributed by atoms with van der Waals surface area (Å²) in [6.45, 7) is 0.853. The fourth-order valence-corrected chi connectivity index (χ4v) is 1.60.